The number of ether oxygens (including phenoxy) is 1. The number of aromatic amines is 1. The van der Waals surface area contributed by atoms with Crippen molar-refractivity contribution in [2.45, 2.75) is 0 Å². The quantitative estimate of drug-likeness (QED) is 0.839. The summed E-state index contributed by atoms with van der Waals surface area (Å²) in [5, 5.41) is 8.54. The van der Waals surface area contributed by atoms with Gasteiger partial charge >= 0.3 is 6.01 Å². The summed E-state index contributed by atoms with van der Waals surface area (Å²) >= 11 is 0. The number of methoxy groups -OCH3 is 1. The fourth-order valence-electron chi connectivity index (χ4n) is 1.20. The number of carbonyl (C=O) groups is 1. The zero-order valence-electron chi connectivity index (χ0n) is 8.90. The van der Waals surface area contributed by atoms with Crippen LogP contribution in [-0.4, -0.2) is 28.2 Å². The summed E-state index contributed by atoms with van der Waals surface area (Å²) in [5.41, 5.74) is 0.195. The Bertz CT molecular complexity index is 541. The Labute approximate surface area is 95.8 Å². The van der Waals surface area contributed by atoms with Gasteiger partial charge in [-0.05, 0) is 18.2 Å². The fraction of sp³-hybridized carbons (Fsp3) is 0.100. The van der Waals surface area contributed by atoms with Crippen molar-refractivity contribution in [3.8, 4) is 6.01 Å². The molecule has 6 nitrogen and oxygen atoms in total. The van der Waals surface area contributed by atoms with Crippen LogP contribution in [0.15, 0.2) is 24.3 Å². The molecule has 7 heteroatoms. The third-order valence-corrected chi connectivity index (χ3v) is 1.97. The van der Waals surface area contributed by atoms with Crippen LogP contribution in [0.25, 0.3) is 0 Å². The molecule has 17 heavy (non-hydrogen) atoms. The fourth-order valence-corrected chi connectivity index (χ4v) is 1.20. The third-order valence-electron chi connectivity index (χ3n) is 1.97. The molecule has 0 bridgehead atoms. The average Bonchev–Trinajstić information content (AvgIpc) is 2.77. The van der Waals surface area contributed by atoms with Gasteiger partial charge in [-0.15, -0.1) is 5.10 Å². The highest BCUT2D eigenvalue weighted by molar-refractivity contribution is 6.03. The minimum absolute atomic E-state index is 0.111. The van der Waals surface area contributed by atoms with E-state index in [2.05, 4.69) is 20.5 Å². The van der Waals surface area contributed by atoms with Crippen molar-refractivity contribution in [3.63, 3.8) is 0 Å². The van der Waals surface area contributed by atoms with Crippen LogP contribution in [-0.2, 0) is 0 Å². The average molecular weight is 236 g/mol. The van der Waals surface area contributed by atoms with Gasteiger partial charge in [0.1, 0.15) is 5.82 Å². The van der Waals surface area contributed by atoms with Crippen LogP contribution in [0.4, 0.5) is 10.3 Å². The SMILES string of the molecule is COc1n[nH]c(NC(=O)c2cccc(F)c2)n1. The van der Waals surface area contributed by atoms with Crippen molar-refractivity contribution < 1.29 is 13.9 Å². The van der Waals surface area contributed by atoms with Gasteiger partial charge in [0.25, 0.3) is 5.91 Å². The van der Waals surface area contributed by atoms with Gasteiger partial charge in [0.05, 0.1) is 7.11 Å². The molecule has 0 atom stereocenters. The molecule has 1 aromatic carbocycles. The van der Waals surface area contributed by atoms with Crippen LogP contribution in [0.2, 0.25) is 0 Å². The zero-order valence-corrected chi connectivity index (χ0v) is 8.90. The molecule has 0 spiro atoms. The second-order valence-electron chi connectivity index (χ2n) is 3.14. The molecular weight excluding hydrogens is 227 g/mol. The van der Waals surface area contributed by atoms with E-state index in [9.17, 15) is 9.18 Å². The zero-order chi connectivity index (χ0) is 12.3. The predicted octanol–water partition coefficient (Wildman–Crippen LogP) is 1.20. The Balaban J connectivity index is 2.11. The first-order valence-corrected chi connectivity index (χ1v) is 4.72. The standard InChI is InChI=1S/C10H9FN4O2/c1-17-10-13-9(14-15-10)12-8(16)6-3-2-4-7(11)5-6/h2-5H,1H3,(H2,12,13,14,15,16). The molecule has 1 heterocycles. The molecule has 0 saturated carbocycles. The Hall–Kier alpha value is -2.44. The smallest absolute Gasteiger partial charge is 0.336 e. The number of aromatic nitrogens is 3. The first-order valence-electron chi connectivity index (χ1n) is 4.72. The van der Waals surface area contributed by atoms with Crippen LogP contribution in [0, 0.1) is 5.82 Å². The molecule has 88 valence electrons. The van der Waals surface area contributed by atoms with Gasteiger partial charge in [-0.25, -0.2) is 9.49 Å². The lowest BCUT2D eigenvalue weighted by Crippen LogP contribution is -2.13. The summed E-state index contributed by atoms with van der Waals surface area (Å²) in [5.74, 6) is -0.827. The maximum Gasteiger partial charge on any atom is 0.336 e. The van der Waals surface area contributed by atoms with Crippen molar-refractivity contribution >= 4 is 11.9 Å². The lowest BCUT2D eigenvalue weighted by Gasteiger charge is -2.00. The predicted molar refractivity (Wildman–Crippen MR) is 57.3 cm³/mol. The number of H-pyrrole nitrogens is 1. The van der Waals surface area contributed by atoms with Gasteiger partial charge in [0, 0.05) is 5.56 Å². The molecule has 0 radical (unpaired) electrons. The van der Waals surface area contributed by atoms with Crippen LogP contribution in [0.5, 0.6) is 6.01 Å². The van der Waals surface area contributed by atoms with Crippen molar-refractivity contribution in [1.82, 2.24) is 15.2 Å². The van der Waals surface area contributed by atoms with Gasteiger partial charge in [-0.2, -0.15) is 4.98 Å². The number of hydrogen-bond acceptors (Lipinski definition) is 4. The van der Waals surface area contributed by atoms with Crippen molar-refractivity contribution in [2.75, 3.05) is 12.4 Å². The molecule has 0 saturated heterocycles. The highest BCUT2D eigenvalue weighted by atomic mass is 19.1. The van der Waals surface area contributed by atoms with Crippen LogP contribution in [0.3, 0.4) is 0 Å². The summed E-state index contributed by atoms with van der Waals surface area (Å²) in [7, 11) is 1.40. The lowest BCUT2D eigenvalue weighted by molar-refractivity contribution is 0.102. The maximum absolute atomic E-state index is 12.9. The topological polar surface area (TPSA) is 79.9 Å². The summed E-state index contributed by atoms with van der Waals surface area (Å²) < 4.78 is 17.6. The number of nitrogens with zero attached hydrogens (tertiary/aromatic N) is 2. The normalized spacial score (nSPS) is 10.0. The number of anilines is 1. The molecule has 2 aromatic rings. The Kier molecular flexibility index (Phi) is 2.99. The van der Waals surface area contributed by atoms with E-state index in [1.807, 2.05) is 0 Å². The Morgan fingerprint density at radius 1 is 1.53 bits per heavy atom. The maximum atomic E-state index is 12.9. The number of nitrogens with one attached hydrogen (secondary N) is 2. The first kappa shape index (κ1) is 11.1. The summed E-state index contributed by atoms with van der Waals surface area (Å²) in [6.45, 7) is 0. The molecule has 0 aliphatic carbocycles. The number of amides is 1. The summed E-state index contributed by atoms with van der Waals surface area (Å²) in [6, 6.07) is 5.44. The molecule has 0 fully saturated rings. The van der Waals surface area contributed by atoms with Crippen LogP contribution in [0.1, 0.15) is 10.4 Å². The van der Waals surface area contributed by atoms with E-state index in [1.54, 1.807) is 0 Å². The van der Waals surface area contributed by atoms with Crippen molar-refractivity contribution in [1.29, 1.82) is 0 Å². The number of rotatable bonds is 3. The van der Waals surface area contributed by atoms with E-state index in [0.29, 0.717) is 0 Å². The minimum atomic E-state index is -0.483. The molecule has 2 rings (SSSR count). The van der Waals surface area contributed by atoms with Crippen LogP contribution < -0.4 is 10.1 Å². The monoisotopic (exact) mass is 236 g/mol. The van der Waals surface area contributed by atoms with E-state index in [0.717, 1.165) is 6.07 Å². The summed E-state index contributed by atoms with van der Waals surface area (Å²) in [6.07, 6.45) is 0. The van der Waals surface area contributed by atoms with Crippen molar-refractivity contribution in [3.05, 3.63) is 35.6 Å². The molecule has 0 aliphatic rings. The van der Waals surface area contributed by atoms with E-state index < -0.39 is 11.7 Å². The molecule has 1 aromatic heterocycles. The van der Waals surface area contributed by atoms with Gasteiger partial charge in [-0.1, -0.05) is 6.07 Å². The number of carbonyl (C=O) groups excluding carboxylic acids is 1. The van der Waals surface area contributed by atoms with Crippen molar-refractivity contribution in [2.24, 2.45) is 0 Å². The first-order chi connectivity index (χ1) is 8.19. The van der Waals surface area contributed by atoms with Gasteiger partial charge in [0.2, 0.25) is 5.95 Å². The number of halogens is 1. The minimum Gasteiger partial charge on any atom is -0.466 e. The Morgan fingerprint density at radius 2 is 2.35 bits per heavy atom. The van der Waals surface area contributed by atoms with E-state index >= 15 is 0 Å². The summed E-state index contributed by atoms with van der Waals surface area (Å²) in [4.78, 5) is 15.5. The molecule has 0 aliphatic heterocycles. The largest absolute Gasteiger partial charge is 0.466 e. The number of benzene rings is 1. The molecule has 1 amide bonds. The Morgan fingerprint density at radius 3 is 3.00 bits per heavy atom. The highest BCUT2D eigenvalue weighted by Crippen LogP contribution is 2.08. The van der Waals surface area contributed by atoms with Gasteiger partial charge in [0.15, 0.2) is 0 Å². The van der Waals surface area contributed by atoms with E-state index in [1.165, 1.54) is 25.3 Å². The van der Waals surface area contributed by atoms with E-state index in [-0.39, 0.29) is 17.5 Å². The number of hydrogen-bond donors (Lipinski definition) is 2. The molecule has 2 N–H and O–H groups in total. The highest BCUT2D eigenvalue weighted by Gasteiger charge is 2.09. The second kappa shape index (κ2) is 4.60. The third kappa shape index (κ3) is 2.57. The van der Waals surface area contributed by atoms with Crippen LogP contribution >= 0.6 is 0 Å². The second-order valence-corrected chi connectivity index (χ2v) is 3.14. The molecule has 0 unspecified atom stereocenters. The van der Waals surface area contributed by atoms with E-state index in [4.69, 9.17) is 4.74 Å². The van der Waals surface area contributed by atoms with Gasteiger partial charge in [-0.3, -0.25) is 10.1 Å². The molecular formula is C10H9FN4O2. The van der Waals surface area contributed by atoms with Gasteiger partial charge < -0.3 is 4.74 Å². The lowest BCUT2D eigenvalue weighted by atomic mass is 10.2.